The fourth-order valence-corrected chi connectivity index (χ4v) is 5.32. The molecule has 6 rings (SSSR count). The first-order valence-electron chi connectivity index (χ1n) is 13.6. The zero-order valence-corrected chi connectivity index (χ0v) is 22.4. The summed E-state index contributed by atoms with van der Waals surface area (Å²) >= 11 is 0. The summed E-state index contributed by atoms with van der Waals surface area (Å²) in [4.78, 5) is 27.0. The number of hydrogen-bond acceptors (Lipinski definition) is 5. The highest BCUT2D eigenvalue weighted by molar-refractivity contribution is 5.95. The van der Waals surface area contributed by atoms with Crippen LogP contribution in [0.1, 0.15) is 28.7 Å². The largest absolute Gasteiger partial charge is 0.368 e. The van der Waals surface area contributed by atoms with E-state index in [1.54, 1.807) is 12.4 Å². The fraction of sp³-hybridized carbons (Fsp3) is 0.219. The number of nitrogens with zero attached hydrogens (tertiary/aromatic N) is 5. The van der Waals surface area contributed by atoms with E-state index in [1.165, 1.54) is 12.1 Å². The molecule has 0 aliphatic carbocycles. The lowest BCUT2D eigenvalue weighted by atomic mass is 10.1. The van der Waals surface area contributed by atoms with Crippen LogP contribution >= 0.6 is 0 Å². The van der Waals surface area contributed by atoms with Gasteiger partial charge in [0.1, 0.15) is 17.2 Å². The predicted molar refractivity (Wildman–Crippen MR) is 156 cm³/mol. The van der Waals surface area contributed by atoms with Gasteiger partial charge in [0.05, 0.1) is 5.69 Å². The second kappa shape index (κ2) is 11.2. The van der Waals surface area contributed by atoms with Crippen LogP contribution in [0.3, 0.4) is 0 Å². The third kappa shape index (κ3) is 5.12. The predicted octanol–water partition coefficient (Wildman–Crippen LogP) is 5.35. The van der Waals surface area contributed by atoms with Gasteiger partial charge in [-0.15, -0.1) is 0 Å². The maximum Gasteiger partial charge on any atom is 0.270 e. The summed E-state index contributed by atoms with van der Waals surface area (Å²) in [5.41, 5.74) is 7.33. The Kier molecular flexibility index (Phi) is 7.14. The molecule has 2 aromatic carbocycles. The third-order valence-electron chi connectivity index (χ3n) is 7.49. The number of benzene rings is 2. The molecule has 0 radical (unpaired) electrons. The Bertz CT molecular complexity index is 1610. The number of aryl methyl sites for hydroxylation is 1. The summed E-state index contributed by atoms with van der Waals surface area (Å²) in [5.74, 6) is -0.351. The lowest BCUT2D eigenvalue weighted by Gasteiger charge is -2.37. The van der Waals surface area contributed by atoms with Gasteiger partial charge in [-0.1, -0.05) is 19.1 Å². The highest BCUT2D eigenvalue weighted by Gasteiger charge is 2.21. The zero-order valence-electron chi connectivity index (χ0n) is 22.4. The molecule has 0 spiro atoms. The summed E-state index contributed by atoms with van der Waals surface area (Å²) in [6.45, 7) is 5.99. The molecule has 3 aromatic heterocycles. The zero-order chi connectivity index (χ0) is 27.5. The van der Waals surface area contributed by atoms with Crippen molar-refractivity contribution in [3.63, 3.8) is 0 Å². The van der Waals surface area contributed by atoms with Gasteiger partial charge in [-0.05, 0) is 78.2 Å². The summed E-state index contributed by atoms with van der Waals surface area (Å²) in [6.07, 6.45) is 6.07. The van der Waals surface area contributed by atoms with Crippen molar-refractivity contribution < 1.29 is 9.18 Å². The molecule has 4 heterocycles. The number of pyridine rings is 2. The van der Waals surface area contributed by atoms with E-state index in [4.69, 9.17) is 4.98 Å². The number of hydrogen-bond donors (Lipinski definition) is 1. The van der Waals surface area contributed by atoms with Crippen LogP contribution in [0.15, 0.2) is 91.4 Å². The molecule has 8 heteroatoms. The number of rotatable bonds is 7. The van der Waals surface area contributed by atoms with E-state index in [0.29, 0.717) is 18.7 Å². The van der Waals surface area contributed by atoms with Crippen molar-refractivity contribution in [3.8, 4) is 11.1 Å². The van der Waals surface area contributed by atoms with E-state index in [1.807, 2.05) is 53.9 Å². The Morgan fingerprint density at radius 3 is 2.12 bits per heavy atom. The van der Waals surface area contributed by atoms with Crippen molar-refractivity contribution >= 4 is 22.9 Å². The molecule has 1 fully saturated rings. The summed E-state index contributed by atoms with van der Waals surface area (Å²) in [6, 6.07) is 22.9. The van der Waals surface area contributed by atoms with Crippen LogP contribution in [0, 0.1) is 5.82 Å². The molecule has 0 bridgehead atoms. The minimum absolute atomic E-state index is 0.141. The minimum atomic E-state index is -0.210. The first-order valence-corrected chi connectivity index (χ1v) is 13.6. The van der Waals surface area contributed by atoms with Crippen LogP contribution in [0.25, 0.3) is 16.8 Å². The van der Waals surface area contributed by atoms with Crippen LogP contribution in [-0.4, -0.2) is 46.5 Å². The van der Waals surface area contributed by atoms with Crippen LogP contribution in [0.4, 0.5) is 15.8 Å². The Morgan fingerprint density at radius 1 is 0.875 bits per heavy atom. The lowest BCUT2D eigenvalue weighted by Crippen LogP contribution is -2.46. The molecular formula is C32H31FN6O. The van der Waals surface area contributed by atoms with Gasteiger partial charge in [0.2, 0.25) is 0 Å². The van der Waals surface area contributed by atoms with Gasteiger partial charge in [0.25, 0.3) is 5.91 Å². The van der Waals surface area contributed by atoms with Crippen molar-refractivity contribution in [2.75, 3.05) is 36.0 Å². The fourth-order valence-electron chi connectivity index (χ4n) is 5.32. The van der Waals surface area contributed by atoms with E-state index in [9.17, 15) is 9.18 Å². The molecule has 1 amide bonds. The molecule has 1 saturated heterocycles. The SMILES string of the molecule is CCc1nc2c(-c3ccncc3)cccn2c1C(=O)NCc1ccc(N2CCN(c3ccc(F)cc3)CC2)cc1. The Balaban J connectivity index is 1.11. The highest BCUT2D eigenvalue weighted by Crippen LogP contribution is 2.26. The quantitative estimate of drug-likeness (QED) is 0.305. The smallest absolute Gasteiger partial charge is 0.270 e. The van der Waals surface area contributed by atoms with Crippen LogP contribution < -0.4 is 15.1 Å². The van der Waals surface area contributed by atoms with Crippen molar-refractivity contribution in [1.29, 1.82) is 0 Å². The second-order valence-corrected chi connectivity index (χ2v) is 9.91. The molecule has 1 N–H and O–H groups in total. The molecule has 1 aliphatic heterocycles. The molecule has 0 atom stereocenters. The molecule has 0 unspecified atom stereocenters. The van der Waals surface area contributed by atoms with E-state index >= 15 is 0 Å². The summed E-state index contributed by atoms with van der Waals surface area (Å²) in [7, 11) is 0. The minimum Gasteiger partial charge on any atom is -0.368 e. The van der Waals surface area contributed by atoms with Crippen molar-refractivity contribution in [3.05, 3.63) is 114 Å². The monoisotopic (exact) mass is 534 g/mol. The average Bonchev–Trinajstić information content (AvgIpc) is 3.40. The van der Waals surface area contributed by atoms with Crippen molar-refractivity contribution in [1.82, 2.24) is 19.7 Å². The molecular weight excluding hydrogens is 503 g/mol. The topological polar surface area (TPSA) is 65.8 Å². The van der Waals surface area contributed by atoms with Gasteiger partial charge < -0.3 is 15.1 Å². The first kappa shape index (κ1) is 25.6. The normalized spacial score (nSPS) is 13.6. The summed E-state index contributed by atoms with van der Waals surface area (Å²) in [5, 5.41) is 3.10. The number of aromatic nitrogens is 3. The standard InChI is InChI=1S/C32H31FN6O/c1-2-29-30(39-17-3-4-28(31(39)36-29)24-13-15-34-16-14-24)32(40)35-22-23-5-9-26(10-6-23)37-18-20-38(21-19-37)27-11-7-25(33)8-12-27/h3-17H,2,18-22H2,1H3,(H,35,40). The number of carbonyl (C=O) groups is 1. The van der Waals surface area contributed by atoms with Crippen LogP contribution in [-0.2, 0) is 13.0 Å². The molecule has 7 nitrogen and oxygen atoms in total. The van der Waals surface area contributed by atoms with E-state index < -0.39 is 0 Å². The van der Waals surface area contributed by atoms with E-state index in [-0.39, 0.29) is 11.7 Å². The van der Waals surface area contributed by atoms with Gasteiger partial charge in [-0.3, -0.25) is 14.2 Å². The Hall–Kier alpha value is -4.72. The number of fused-ring (bicyclic) bond motifs is 1. The number of amides is 1. The van der Waals surface area contributed by atoms with Crippen molar-refractivity contribution in [2.24, 2.45) is 0 Å². The van der Waals surface area contributed by atoms with E-state index in [0.717, 1.165) is 65.6 Å². The van der Waals surface area contributed by atoms with Crippen LogP contribution in [0.5, 0.6) is 0 Å². The molecule has 202 valence electrons. The number of piperazine rings is 1. The third-order valence-corrected chi connectivity index (χ3v) is 7.49. The van der Waals surface area contributed by atoms with Gasteiger partial charge in [-0.25, -0.2) is 9.37 Å². The molecule has 1 aliphatic rings. The van der Waals surface area contributed by atoms with Crippen LogP contribution in [0.2, 0.25) is 0 Å². The number of halogens is 1. The average molecular weight is 535 g/mol. The molecule has 0 saturated carbocycles. The number of anilines is 2. The number of nitrogens with one attached hydrogen (secondary N) is 1. The van der Waals surface area contributed by atoms with E-state index in [2.05, 4.69) is 44.4 Å². The summed E-state index contributed by atoms with van der Waals surface area (Å²) < 4.78 is 15.1. The number of carbonyl (C=O) groups excluding carboxylic acids is 1. The van der Waals surface area contributed by atoms with Crippen molar-refractivity contribution in [2.45, 2.75) is 19.9 Å². The molecule has 40 heavy (non-hydrogen) atoms. The Morgan fingerprint density at radius 2 is 1.50 bits per heavy atom. The van der Waals surface area contributed by atoms with Gasteiger partial charge >= 0.3 is 0 Å². The second-order valence-electron chi connectivity index (χ2n) is 9.91. The maximum absolute atomic E-state index is 13.4. The Labute approximate surface area is 232 Å². The van der Waals surface area contributed by atoms with Gasteiger partial charge in [0.15, 0.2) is 0 Å². The van der Waals surface area contributed by atoms with Gasteiger partial charge in [-0.2, -0.15) is 0 Å². The highest BCUT2D eigenvalue weighted by atomic mass is 19.1. The van der Waals surface area contributed by atoms with Gasteiger partial charge in [0, 0.05) is 68.3 Å². The lowest BCUT2D eigenvalue weighted by molar-refractivity contribution is 0.0944. The molecule has 5 aromatic rings. The maximum atomic E-state index is 13.4. The first-order chi connectivity index (χ1) is 19.6. The number of imidazole rings is 1.